The predicted octanol–water partition coefficient (Wildman–Crippen LogP) is 2.78. The molecule has 0 atom stereocenters. The van der Waals surface area contributed by atoms with E-state index in [-0.39, 0.29) is 18.3 Å². The van der Waals surface area contributed by atoms with Crippen molar-refractivity contribution in [1.29, 1.82) is 0 Å². The molecular weight excluding hydrogens is 361 g/mol. The highest BCUT2D eigenvalue weighted by atomic mass is 35.5. The van der Waals surface area contributed by atoms with E-state index >= 15 is 0 Å². The minimum Gasteiger partial charge on any atom is -0.337 e. The first-order valence-corrected chi connectivity index (χ1v) is 8.54. The summed E-state index contributed by atoms with van der Waals surface area (Å²) in [7, 11) is 1.96. The van der Waals surface area contributed by atoms with Crippen LogP contribution in [0.15, 0.2) is 18.2 Å². The number of nitrogens with one attached hydrogen (secondary N) is 1. The molecule has 1 fully saturated rings. The van der Waals surface area contributed by atoms with Crippen LogP contribution >= 0.6 is 24.0 Å². The number of aromatic nitrogens is 3. The molecule has 1 aliphatic heterocycles. The van der Waals surface area contributed by atoms with Crippen LogP contribution in [0.2, 0.25) is 5.02 Å². The Hall–Kier alpha value is -1.63. The van der Waals surface area contributed by atoms with Gasteiger partial charge in [0.15, 0.2) is 5.82 Å². The molecule has 3 heterocycles. The number of likely N-dealkylation sites (tertiary alicyclic amines) is 1. The first-order chi connectivity index (χ1) is 11.5. The van der Waals surface area contributed by atoms with E-state index in [4.69, 9.17) is 11.6 Å². The summed E-state index contributed by atoms with van der Waals surface area (Å²) in [4.78, 5) is 19.1. The van der Waals surface area contributed by atoms with Gasteiger partial charge in [0.1, 0.15) is 5.69 Å². The number of amides is 1. The van der Waals surface area contributed by atoms with Crippen LogP contribution in [-0.2, 0) is 0 Å². The smallest absolute Gasteiger partial charge is 0.274 e. The Bertz CT molecular complexity index is 753. The van der Waals surface area contributed by atoms with Crippen molar-refractivity contribution >= 4 is 29.9 Å². The van der Waals surface area contributed by atoms with Crippen LogP contribution in [0, 0.1) is 13.8 Å². The SMILES string of the molecule is CNC1CCN(C(=O)c2nc(-n3nc(C)cc3C)ccc2Cl)CC1.Cl. The molecule has 1 aliphatic rings. The first kappa shape index (κ1) is 19.7. The molecule has 0 bridgehead atoms. The lowest BCUT2D eigenvalue weighted by Gasteiger charge is -2.31. The summed E-state index contributed by atoms with van der Waals surface area (Å²) in [6.45, 7) is 5.32. The quantitative estimate of drug-likeness (QED) is 0.884. The van der Waals surface area contributed by atoms with Gasteiger partial charge in [-0.05, 0) is 51.9 Å². The lowest BCUT2D eigenvalue weighted by molar-refractivity contribution is 0.0701. The summed E-state index contributed by atoms with van der Waals surface area (Å²) in [5, 5.41) is 8.06. The van der Waals surface area contributed by atoms with E-state index in [1.807, 2.05) is 31.9 Å². The summed E-state index contributed by atoms with van der Waals surface area (Å²) < 4.78 is 1.73. The van der Waals surface area contributed by atoms with Crippen molar-refractivity contribution in [2.45, 2.75) is 32.7 Å². The van der Waals surface area contributed by atoms with Gasteiger partial charge in [0.2, 0.25) is 0 Å². The molecule has 0 unspecified atom stereocenters. The van der Waals surface area contributed by atoms with E-state index in [9.17, 15) is 4.79 Å². The van der Waals surface area contributed by atoms with Crippen molar-refractivity contribution in [3.63, 3.8) is 0 Å². The maximum Gasteiger partial charge on any atom is 0.274 e. The average Bonchev–Trinajstić information content (AvgIpc) is 2.93. The standard InChI is InChI=1S/C17H22ClN5O.ClH/c1-11-10-12(2)23(21-11)15-5-4-14(18)16(20-15)17(24)22-8-6-13(19-3)7-9-22;/h4-5,10,13,19H,6-9H2,1-3H3;1H. The van der Waals surface area contributed by atoms with Gasteiger partial charge in [-0.1, -0.05) is 11.6 Å². The highest BCUT2D eigenvalue weighted by Crippen LogP contribution is 2.21. The Morgan fingerprint density at radius 2 is 1.96 bits per heavy atom. The predicted molar refractivity (Wildman–Crippen MR) is 101 cm³/mol. The monoisotopic (exact) mass is 383 g/mol. The second-order valence-corrected chi connectivity index (χ2v) is 6.60. The molecular formula is C17H23Cl2N5O. The van der Waals surface area contributed by atoms with Crippen molar-refractivity contribution in [3.8, 4) is 5.82 Å². The number of carbonyl (C=O) groups excluding carboxylic acids is 1. The zero-order valence-electron chi connectivity index (χ0n) is 14.6. The molecule has 8 heteroatoms. The Labute approximate surface area is 159 Å². The average molecular weight is 384 g/mol. The number of rotatable bonds is 3. The molecule has 0 spiro atoms. The molecule has 136 valence electrons. The van der Waals surface area contributed by atoms with E-state index < -0.39 is 0 Å². The van der Waals surface area contributed by atoms with Gasteiger partial charge in [0.25, 0.3) is 5.91 Å². The molecule has 0 aliphatic carbocycles. The maximum absolute atomic E-state index is 12.8. The number of piperidine rings is 1. The molecule has 2 aromatic heterocycles. The third-order valence-electron chi connectivity index (χ3n) is 4.45. The van der Waals surface area contributed by atoms with Crippen molar-refractivity contribution < 1.29 is 4.79 Å². The zero-order valence-corrected chi connectivity index (χ0v) is 16.2. The largest absolute Gasteiger partial charge is 0.337 e. The normalized spacial score (nSPS) is 15.1. The number of hydrogen-bond acceptors (Lipinski definition) is 4. The summed E-state index contributed by atoms with van der Waals surface area (Å²) in [5.74, 6) is 0.497. The molecule has 25 heavy (non-hydrogen) atoms. The van der Waals surface area contributed by atoms with Gasteiger partial charge in [0, 0.05) is 24.8 Å². The van der Waals surface area contributed by atoms with Crippen LogP contribution in [0.1, 0.15) is 34.7 Å². The fourth-order valence-corrected chi connectivity index (χ4v) is 3.27. The van der Waals surface area contributed by atoms with E-state index in [1.54, 1.807) is 16.8 Å². The lowest BCUT2D eigenvalue weighted by atomic mass is 10.1. The van der Waals surface area contributed by atoms with Gasteiger partial charge >= 0.3 is 0 Å². The Morgan fingerprint density at radius 3 is 2.52 bits per heavy atom. The van der Waals surface area contributed by atoms with Crippen LogP contribution in [0.3, 0.4) is 0 Å². The van der Waals surface area contributed by atoms with E-state index in [1.165, 1.54) is 0 Å². The molecule has 1 N–H and O–H groups in total. The first-order valence-electron chi connectivity index (χ1n) is 8.16. The summed E-state index contributed by atoms with van der Waals surface area (Å²) in [5.41, 5.74) is 2.17. The molecule has 1 saturated heterocycles. The van der Waals surface area contributed by atoms with Crippen LogP contribution < -0.4 is 5.32 Å². The van der Waals surface area contributed by atoms with Gasteiger partial charge in [0.05, 0.1) is 10.7 Å². The third kappa shape index (κ3) is 4.14. The molecule has 2 aromatic rings. The lowest BCUT2D eigenvalue weighted by Crippen LogP contribution is -2.44. The molecule has 0 radical (unpaired) electrons. The summed E-state index contributed by atoms with van der Waals surface area (Å²) in [6, 6.07) is 5.94. The van der Waals surface area contributed by atoms with E-state index in [0.717, 1.165) is 24.2 Å². The molecule has 3 rings (SSSR count). The Balaban J connectivity index is 0.00000225. The minimum absolute atomic E-state index is 0. The van der Waals surface area contributed by atoms with Crippen LogP contribution in [0.5, 0.6) is 0 Å². The topological polar surface area (TPSA) is 63.1 Å². The fourth-order valence-electron chi connectivity index (χ4n) is 3.08. The van der Waals surface area contributed by atoms with Crippen LogP contribution in [0.4, 0.5) is 0 Å². The van der Waals surface area contributed by atoms with E-state index in [2.05, 4.69) is 15.4 Å². The summed E-state index contributed by atoms with van der Waals surface area (Å²) in [6.07, 6.45) is 1.88. The van der Waals surface area contributed by atoms with Crippen LogP contribution in [-0.4, -0.2) is 51.8 Å². The summed E-state index contributed by atoms with van der Waals surface area (Å²) >= 11 is 6.25. The van der Waals surface area contributed by atoms with Crippen molar-refractivity contribution in [2.75, 3.05) is 20.1 Å². The highest BCUT2D eigenvalue weighted by Gasteiger charge is 2.25. The Morgan fingerprint density at radius 1 is 1.28 bits per heavy atom. The second kappa shape index (κ2) is 8.17. The van der Waals surface area contributed by atoms with Crippen LogP contribution in [0.25, 0.3) is 5.82 Å². The van der Waals surface area contributed by atoms with Crippen molar-refractivity contribution in [3.05, 3.63) is 40.3 Å². The van der Waals surface area contributed by atoms with Gasteiger partial charge < -0.3 is 10.2 Å². The maximum atomic E-state index is 12.8. The third-order valence-corrected chi connectivity index (χ3v) is 4.76. The van der Waals surface area contributed by atoms with Gasteiger partial charge in [-0.15, -0.1) is 12.4 Å². The fraction of sp³-hybridized carbons (Fsp3) is 0.471. The second-order valence-electron chi connectivity index (χ2n) is 6.19. The van der Waals surface area contributed by atoms with Crippen molar-refractivity contribution in [2.24, 2.45) is 0 Å². The van der Waals surface area contributed by atoms with E-state index in [0.29, 0.717) is 35.7 Å². The number of nitrogens with zero attached hydrogens (tertiary/aromatic N) is 4. The van der Waals surface area contributed by atoms with Gasteiger partial charge in [-0.2, -0.15) is 5.10 Å². The highest BCUT2D eigenvalue weighted by molar-refractivity contribution is 6.33. The molecule has 1 amide bonds. The van der Waals surface area contributed by atoms with Gasteiger partial charge in [-0.3, -0.25) is 4.79 Å². The molecule has 6 nitrogen and oxygen atoms in total. The van der Waals surface area contributed by atoms with Gasteiger partial charge in [-0.25, -0.2) is 9.67 Å². The minimum atomic E-state index is -0.113. The van der Waals surface area contributed by atoms with Crippen molar-refractivity contribution in [1.82, 2.24) is 25.0 Å². The number of halogens is 2. The molecule has 0 aromatic carbocycles. The number of carbonyl (C=O) groups is 1. The molecule has 0 saturated carbocycles. The number of hydrogen-bond donors (Lipinski definition) is 1. The number of aryl methyl sites for hydroxylation is 2. The zero-order chi connectivity index (χ0) is 17.3. The number of pyridine rings is 1. The Kier molecular flexibility index (Phi) is 6.43.